The number of hydrogen-bond acceptors (Lipinski definition) is 2. The zero-order valence-electron chi connectivity index (χ0n) is 29.1. The van der Waals surface area contributed by atoms with Gasteiger partial charge in [0.1, 0.15) is 6.17 Å². The van der Waals surface area contributed by atoms with Crippen LogP contribution in [0.1, 0.15) is 65.1 Å². The van der Waals surface area contributed by atoms with E-state index >= 15 is 0 Å². The number of benzene rings is 6. The van der Waals surface area contributed by atoms with Gasteiger partial charge in [-0.2, -0.15) is 0 Å². The molecule has 8 rings (SSSR count). The largest absolute Gasteiger partial charge is 0.366 e. The van der Waals surface area contributed by atoms with E-state index < -0.39 is 0 Å². The average molecular weight is 660 g/mol. The van der Waals surface area contributed by atoms with Crippen LogP contribution in [0.15, 0.2) is 153 Å². The molecule has 2 unspecified atom stereocenters. The maximum absolute atomic E-state index is 4.23. The zero-order valence-corrected chi connectivity index (χ0v) is 29.1. The minimum Gasteiger partial charge on any atom is -0.366 e. The number of allylic oxidation sites excluding steroid dienone is 2. The third-order valence-corrected chi connectivity index (χ3v) is 10.1. The SMILES string of the molecule is C=Cc1ccc2c(c(C=C)c(/C=C\C)n2-c2ccc(C3Nc4ccccc4C(c4cccc(-c5ccc6ccccc6c5)c4)N3)cc2)c1/C=C\C. The van der Waals surface area contributed by atoms with Crippen molar-refractivity contribution in [1.29, 1.82) is 0 Å². The van der Waals surface area contributed by atoms with Crippen LogP contribution >= 0.6 is 0 Å². The van der Waals surface area contributed by atoms with E-state index in [4.69, 9.17) is 0 Å². The van der Waals surface area contributed by atoms with Gasteiger partial charge in [-0.15, -0.1) is 0 Å². The minimum absolute atomic E-state index is 0.0152. The van der Waals surface area contributed by atoms with Crippen LogP contribution in [0.25, 0.3) is 62.8 Å². The summed E-state index contributed by atoms with van der Waals surface area (Å²) in [6.45, 7) is 12.4. The third kappa shape index (κ3) is 5.72. The van der Waals surface area contributed by atoms with E-state index in [0.717, 1.165) is 39.3 Å². The molecule has 1 aliphatic rings. The van der Waals surface area contributed by atoms with Crippen molar-refractivity contribution in [2.45, 2.75) is 26.1 Å². The average Bonchev–Trinajstić information content (AvgIpc) is 3.50. The quantitative estimate of drug-likeness (QED) is 0.170. The van der Waals surface area contributed by atoms with Gasteiger partial charge in [0.2, 0.25) is 0 Å². The monoisotopic (exact) mass is 659 g/mol. The highest BCUT2D eigenvalue weighted by atomic mass is 15.2. The lowest BCUT2D eigenvalue weighted by Gasteiger charge is -2.35. The van der Waals surface area contributed by atoms with Crippen molar-refractivity contribution in [1.82, 2.24) is 9.88 Å². The fourth-order valence-corrected chi connectivity index (χ4v) is 7.67. The van der Waals surface area contributed by atoms with E-state index in [-0.39, 0.29) is 12.2 Å². The minimum atomic E-state index is -0.0835. The molecular formula is C48H41N3. The summed E-state index contributed by atoms with van der Waals surface area (Å²) >= 11 is 0. The first-order valence-corrected chi connectivity index (χ1v) is 17.6. The highest BCUT2D eigenvalue weighted by molar-refractivity contribution is 6.02. The molecule has 2 atom stereocenters. The van der Waals surface area contributed by atoms with Gasteiger partial charge in [0.25, 0.3) is 0 Å². The third-order valence-electron chi connectivity index (χ3n) is 10.1. The van der Waals surface area contributed by atoms with Crippen molar-refractivity contribution in [2.75, 3.05) is 5.32 Å². The van der Waals surface area contributed by atoms with Gasteiger partial charge in [-0.05, 0) is 106 Å². The van der Waals surface area contributed by atoms with Crippen LogP contribution in [0.5, 0.6) is 0 Å². The molecule has 0 spiro atoms. The van der Waals surface area contributed by atoms with Crippen LogP contribution in [0, 0.1) is 0 Å². The topological polar surface area (TPSA) is 29.0 Å². The van der Waals surface area contributed by atoms with Gasteiger partial charge in [-0.1, -0.05) is 135 Å². The Morgan fingerprint density at radius 2 is 1.39 bits per heavy atom. The van der Waals surface area contributed by atoms with E-state index in [2.05, 4.69) is 194 Å². The van der Waals surface area contributed by atoms with Gasteiger partial charge >= 0.3 is 0 Å². The molecule has 0 fully saturated rings. The molecule has 0 bridgehead atoms. The Bertz CT molecular complexity index is 2490. The van der Waals surface area contributed by atoms with Crippen LogP contribution in [0.4, 0.5) is 5.69 Å². The van der Waals surface area contributed by atoms with Crippen molar-refractivity contribution in [3.8, 4) is 16.8 Å². The van der Waals surface area contributed by atoms with Crippen molar-refractivity contribution in [3.63, 3.8) is 0 Å². The predicted octanol–water partition coefficient (Wildman–Crippen LogP) is 12.6. The van der Waals surface area contributed by atoms with Crippen LogP contribution in [-0.4, -0.2) is 4.57 Å². The first-order valence-electron chi connectivity index (χ1n) is 17.6. The smallest absolute Gasteiger partial charge is 0.104 e. The number of fused-ring (bicyclic) bond motifs is 3. The molecule has 7 aromatic rings. The molecule has 0 radical (unpaired) electrons. The van der Waals surface area contributed by atoms with Gasteiger partial charge in [0, 0.05) is 22.3 Å². The Morgan fingerprint density at radius 3 is 2.18 bits per heavy atom. The molecule has 6 aromatic carbocycles. The number of anilines is 1. The summed E-state index contributed by atoms with van der Waals surface area (Å²) < 4.78 is 2.34. The normalized spacial score (nSPS) is 15.7. The molecule has 0 saturated heterocycles. The molecule has 3 nitrogen and oxygen atoms in total. The maximum Gasteiger partial charge on any atom is 0.104 e. The summed E-state index contributed by atoms with van der Waals surface area (Å²) in [5.74, 6) is 0. The first kappa shape index (κ1) is 32.1. The number of aromatic nitrogens is 1. The molecule has 0 aliphatic carbocycles. The van der Waals surface area contributed by atoms with Crippen LogP contribution < -0.4 is 10.6 Å². The lowest BCUT2D eigenvalue weighted by molar-refractivity contribution is 0.506. The summed E-state index contributed by atoms with van der Waals surface area (Å²) in [6, 6.07) is 46.2. The molecule has 51 heavy (non-hydrogen) atoms. The lowest BCUT2D eigenvalue weighted by Crippen LogP contribution is -2.37. The highest BCUT2D eigenvalue weighted by Crippen LogP contribution is 2.40. The first-order chi connectivity index (χ1) is 25.1. The second-order valence-corrected chi connectivity index (χ2v) is 13.0. The van der Waals surface area contributed by atoms with Gasteiger partial charge in [-0.3, -0.25) is 5.32 Å². The molecule has 1 aliphatic heterocycles. The molecule has 248 valence electrons. The van der Waals surface area contributed by atoms with Crippen LogP contribution in [0.3, 0.4) is 0 Å². The van der Waals surface area contributed by atoms with Crippen LogP contribution in [0.2, 0.25) is 0 Å². The summed E-state index contributed by atoms with van der Waals surface area (Å²) in [5, 5.41) is 11.4. The molecule has 2 heterocycles. The van der Waals surface area contributed by atoms with E-state index in [1.54, 1.807) is 0 Å². The summed E-state index contributed by atoms with van der Waals surface area (Å²) in [4.78, 5) is 0. The van der Waals surface area contributed by atoms with Crippen molar-refractivity contribution in [2.24, 2.45) is 0 Å². The fraction of sp³-hybridized carbons (Fsp3) is 0.0833. The zero-order chi connectivity index (χ0) is 34.9. The Morgan fingerprint density at radius 1 is 0.627 bits per heavy atom. The number of rotatable bonds is 8. The molecule has 2 N–H and O–H groups in total. The number of para-hydroxylation sites is 1. The van der Waals surface area contributed by atoms with E-state index in [9.17, 15) is 0 Å². The summed E-state index contributed by atoms with van der Waals surface area (Å²) in [5.41, 5.74) is 13.9. The van der Waals surface area contributed by atoms with E-state index in [1.807, 2.05) is 12.2 Å². The Balaban J connectivity index is 1.17. The van der Waals surface area contributed by atoms with Gasteiger partial charge in [0.05, 0.1) is 17.3 Å². The lowest BCUT2D eigenvalue weighted by atomic mass is 9.91. The number of nitrogens with one attached hydrogen (secondary N) is 2. The molecule has 3 heteroatoms. The summed E-state index contributed by atoms with van der Waals surface area (Å²) in [6.07, 6.45) is 12.4. The van der Waals surface area contributed by atoms with E-state index in [1.165, 1.54) is 44.0 Å². The fourth-order valence-electron chi connectivity index (χ4n) is 7.67. The molecule has 1 aromatic heterocycles. The molecular weight excluding hydrogens is 619 g/mol. The number of hydrogen-bond donors (Lipinski definition) is 2. The van der Waals surface area contributed by atoms with Crippen LogP contribution in [-0.2, 0) is 0 Å². The molecule has 0 amide bonds. The van der Waals surface area contributed by atoms with Gasteiger partial charge in [-0.25, -0.2) is 0 Å². The van der Waals surface area contributed by atoms with E-state index in [0.29, 0.717) is 0 Å². The Kier molecular flexibility index (Phi) is 8.57. The second kappa shape index (κ2) is 13.6. The summed E-state index contributed by atoms with van der Waals surface area (Å²) in [7, 11) is 0. The highest BCUT2D eigenvalue weighted by Gasteiger charge is 2.28. The van der Waals surface area contributed by atoms with Gasteiger partial charge < -0.3 is 9.88 Å². The predicted molar refractivity (Wildman–Crippen MR) is 220 cm³/mol. The van der Waals surface area contributed by atoms with Gasteiger partial charge in [0.15, 0.2) is 0 Å². The number of nitrogens with zero attached hydrogens (tertiary/aromatic N) is 1. The maximum atomic E-state index is 4.23. The Hall–Kier alpha value is -6.16. The van der Waals surface area contributed by atoms with Crippen molar-refractivity contribution >= 4 is 51.7 Å². The second-order valence-electron chi connectivity index (χ2n) is 13.0. The Labute approximate surface area is 300 Å². The standard InChI is InChI=1S/C48H41N3/c1-5-14-41-32(7-3)26-29-45-46(41)40(8-4)44(15-6-2)51(45)39-27-24-34(25-28-39)48-49-43-21-12-11-20-42(43)47(50-48)38-19-13-18-36(31-38)37-23-22-33-16-9-10-17-35(33)30-37/h5-31,47-50H,3-4H2,1-2H3/b14-5-,15-6-. The van der Waals surface area contributed by atoms with Crippen molar-refractivity contribution in [3.05, 3.63) is 192 Å². The molecule has 0 saturated carbocycles. The van der Waals surface area contributed by atoms with Crippen molar-refractivity contribution < 1.29 is 0 Å².